The number of halogens is 2. The van der Waals surface area contributed by atoms with Crippen LogP contribution in [0.5, 0.6) is 0 Å². The highest BCUT2D eigenvalue weighted by molar-refractivity contribution is 9.10. The molecule has 1 N–H and O–H groups in total. The van der Waals surface area contributed by atoms with Crippen molar-refractivity contribution >= 4 is 45.1 Å². The summed E-state index contributed by atoms with van der Waals surface area (Å²) in [6.45, 7) is -0.384. The first-order chi connectivity index (χ1) is 10.1. The molecular formula is C15H11BrClNO3. The number of carbonyl (C=O) groups excluding carboxylic acids is 2. The standard InChI is InChI=1S/C15H11BrClNO3/c16-11-6-2-1-5-10(11)15(20)21-9-14(19)18-13-8-4-3-7-12(13)17/h1-8H,9H2,(H,18,19). The van der Waals surface area contributed by atoms with Gasteiger partial charge in [0.2, 0.25) is 0 Å². The predicted molar refractivity (Wildman–Crippen MR) is 84.5 cm³/mol. The number of benzene rings is 2. The first-order valence-electron chi connectivity index (χ1n) is 6.04. The Labute approximate surface area is 135 Å². The maximum absolute atomic E-state index is 11.8. The first kappa shape index (κ1) is 15.5. The van der Waals surface area contributed by atoms with E-state index < -0.39 is 11.9 Å². The predicted octanol–water partition coefficient (Wildman–Crippen LogP) is 3.90. The summed E-state index contributed by atoms with van der Waals surface area (Å²) in [7, 11) is 0. The number of hydrogen-bond acceptors (Lipinski definition) is 3. The molecule has 2 aromatic rings. The second-order valence-electron chi connectivity index (χ2n) is 4.08. The Morgan fingerprint density at radius 3 is 2.48 bits per heavy atom. The minimum Gasteiger partial charge on any atom is -0.452 e. The molecule has 0 atom stereocenters. The van der Waals surface area contributed by atoms with Gasteiger partial charge in [0.15, 0.2) is 6.61 Å². The van der Waals surface area contributed by atoms with Gasteiger partial charge in [-0.05, 0) is 40.2 Å². The molecular weight excluding hydrogens is 358 g/mol. The van der Waals surface area contributed by atoms with Gasteiger partial charge in [-0.15, -0.1) is 0 Å². The van der Waals surface area contributed by atoms with Crippen molar-refractivity contribution in [2.24, 2.45) is 0 Å². The van der Waals surface area contributed by atoms with Gasteiger partial charge in [-0.2, -0.15) is 0 Å². The van der Waals surface area contributed by atoms with Crippen molar-refractivity contribution < 1.29 is 14.3 Å². The summed E-state index contributed by atoms with van der Waals surface area (Å²) >= 11 is 9.17. The number of carbonyl (C=O) groups is 2. The van der Waals surface area contributed by atoms with Crippen molar-refractivity contribution in [1.82, 2.24) is 0 Å². The Balaban J connectivity index is 1.91. The number of esters is 1. The van der Waals surface area contributed by atoms with E-state index in [-0.39, 0.29) is 6.61 Å². The maximum Gasteiger partial charge on any atom is 0.339 e. The Morgan fingerprint density at radius 2 is 1.76 bits per heavy atom. The summed E-state index contributed by atoms with van der Waals surface area (Å²) in [5.41, 5.74) is 0.837. The van der Waals surface area contributed by atoms with E-state index in [1.165, 1.54) is 0 Å². The maximum atomic E-state index is 11.8. The topological polar surface area (TPSA) is 55.4 Å². The minimum absolute atomic E-state index is 0.364. The van der Waals surface area contributed by atoms with E-state index in [2.05, 4.69) is 21.2 Å². The second kappa shape index (κ2) is 7.24. The van der Waals surface area contributed by atoms with Crippen LogP contribution < -0.4 is 5.32 Å². The third-order valence-corrected chi connectivity index (χ3v) is 3.60. The van der Waals surface area contributed by atoms with Crippen LogP contribution in [-0.2, 0) is 9.53 Å². The highest BCUT2D eigenvalue weighted by atomic mass is 79.9. The molecule has 0 radical (unpaired) electrons. The fourth-order valence-electron chi connectivity index (χ4n) is 1.58. The summed E-state index contributed by atoms with van der Waals surface area (Å²) in [6, 6.07) is 13.6. The molecule has 0 spiro atoms. The molecule has 21 heavy (non-hydrogen) atoms. The molecule has 0 saturated heterocycles. The van der Waals surface area contributed by atoms with Gasteiger partial charge in [0.05, 0.1) is 16.3 Å². The van der Waals surface area contributed by atoms with Crippen molar-refractivity contribution in [1.29, 1.82) is 0 Å². The van der Waals surface area contributed by atoms with Crippen LogP contribution in [0.2, 0.25) is 5.02 Å². The van der Waals surface area contributed by atoms with Gasteiger partial charge < -0.3 is 10.1 Å². The fraction of sp³-hybridized carbons (Fsp3) is 0.0667. The highest BCUT2D eigenvalue weighted by Crippen LogP contribution is 2.20. The van der Waals surface area contributed by atoms with E-state index in [1.807, 2.05) is 0 Å². The zero-order valence-electron chi connectivity index (χ0n) is 10.8. The molecule has 0 saturated carbocycles. The molecule has 108 valence electrons. The molecule has 0 aliphatic carbocycles. The Morgan fingerprint density at radius 1 is 1.10 bits per heavy atom. The summed E-state index contributed by atoms with van der Waals surface area (Å²) in [4.78, 5) is 23.6. The second-order valence-corrected chi connectivity index (χ2v) is 5.35. The molecule has 0 heterocycles. The number of para-hydroxylation sites is 1. The lowest BCUT2D eigenvalue weighted by atomic mass is 10.2. The van der Waals surface area contributed by atoms with Crippen LogP contribution in [0.1, 0.15) is 10.4 Å². The molecule has 0 bridgehead atoms. The van der Waals surface area contributed by atoms with Crippen molar-refractivity contribution in [3.63, 3.8) is 0 Å². The highest BCUT2D eigenvalue weighted by Gasteiger charge is 2.13. The molecule has 0 aliphatic heterocycles. The van der Waals surface area contributed by atoms with Gasteiger partial charge in [0.1, 0.15) is 0 Å². The fourth-order valence-corrected chi connectivity index (χ4v) is 2.21. The lowest BCUT2D eigenvalue weighted by Gasteiger charge is -2.08. The lowest BCUT2D eigenvalue weighted by Crippen LogP contribution is -2.21. The minimum atomic E-state index is -0.572. The van der Waals surface area contributed by atoms with Gasteiger partial charge in [-0.3, -0.25) is 4.79 Å². The molecule has 6 heteroatoms. The number of rotatable bonds is 4. The zero-order valence-corrected chi connectivity index (χ0v) is 13.1. The van der Waals surface area contributed by atoms with Crippen molar-refractivity contribution in [3.05, 3.63) is 63.6 Å². The monoisotopic (exact) mass is 367 g/mol. The van der Waals surface area contributed by atoms with Crippen molar-refractivity contribution in [2.45, 2.75) is 0 Å². The number of ether oxygens (including phenoxy) is 1. The lowest BCUT2D eigenvalue weighted by molar-refractivity contribution is -0.119. The quantitative estimate of drug-likeness (QED) is 0.833. The Hall–Kier alpha value is -1.85. The Kier molecular flexibility index (Phi) is 5.36. The summed E-state index contributed by atoms with van der Waals surface area (Å²) in [5.74, 6) is -1.03. The molecule has 0 fully saturated rings. The molecule has 0 aliphatic rings. The number of hydrogen-bond donors (Lipinski definition) is 1. The average molecular weight is 369 g/mol. The van der Waals surface area contributed by atoms with Crippen LogP contribution in [-0.4, -0.2) is 18.5 Å². The van der Waals surface area contributed by atoms with Crippen LogP contribution >= 0.6 is 27.5 Å². The molecule has 2 rings (SSSR count). The van der Waals surface area contributed by atoms with E-state index >= 15 is 0 Å². The van der Waals surface area contributed by atoms with Gasteiger partial charge in [-0.1, -0.05) is 35.9 Å². The van der Waals surface area contributed by atoms with Crippen LogP contribution in [0.25, 0.3) is 0 Å². The third kappa shape index (κ3) is 4.31. The van der Waals surface area contributed by atoms with E-state index in [0.717, 1.165) is 0 Å². The van der Waals surface area contributed by atoms with E-state index in [0.29, 0.717) is 20.7 Å². The van der Waals surface area contributed by atoms with Gasteiger partial charge in [0.25, 0.3) is 5.91 Å². The largest absolute Gasteiger partial charge is 0.452 e. The number of anilines is 1. The Bertz CT molecular complexity index is 675. The van der Waals surface area contributed by atoms with Crippen LogP contribution in [0.3, 0.4) is 0 Å². The number of nitrogens with one attached hydrogen (secondary N) is 1. The van der Waals surface area contributed by atoms with E-state index in [4.69, 9.17) is 16.3 Å². The molecule has 4 nitrogen and oxygen atoms in total. The van der Waals surface area contributed by atoms with Crippen LogP contribution in [0, 0.1) is 0 Å². The molecule has 0 unspecified atom stereocenters. The van der Waals surface area contributed by atoms with Gasteiger partial charge >= 0.3 is 5.97 Å². The average Bonchev–Trinajstić information content (AvgIpc) is 2.48. The van der Waals surface area contributed by atoms with Gasteiger partial charge in [0, 0.05) is 4.47 Å². The molecule has 2 aromatic carbocycles. The SMILES string of the molecule is O=C(COC(=O)c1ccccc1Br)Nc1ccccc1Cl. The third-order valence-electron chi connectivity index (χ3n) is 2.58. The smallest absolute Gasteiger partial charge is 0.339 e. The zero-order chi connectivity index (χ0) is 15.2. The summed E-state index contributed by atoms with van der Waals surface area (Å²) in [6.07, 6.45) is 0. The molecule has 1 amide bonds. The normalized spacial score (nSPS) is 10.0. The van der Waals surface area contributed by atoms with E-state index in [9.17, 15) is 9.59 Å². The van der Waals surface area contributed by atoms with E-state index in [1.54, 1.807) is 48.5 Å². The summed E-state index contributed by atoms with van der Waals surface area (Å²) in [5, 5.41) is 2.99. The van der Waals surface area contributed by atoms with Crippen LogP contribution in [0.4, 0.5) is 5.69 Å². The van der Waals surface area contributed by atoms with Gasteiger partial charge in [-0.25, -0.2) is 4.79 Å². The molecule has 0 aromatic heterocycles. The first-order valence-corrected chi connectivity index (χ1v) is 7.21. The summed E-state index contributed by atoms with van der Waals surface area (Å²) < 4.78 is 5.57. The van der Waals surface area contributed by atoms with Crippen molar-refractivity contribution in [3.8, 4) is 0 Å². The number of amides is 1. The van der Waals surface area contributed by atoms with Crippen LogP contribution in [0.15, 0.2) is 53.0 Å². The van der Waals surface area contributed by atoms with Crippen molar-refractivity contribution in [2.75, 3.05) is 11.9 Å².